The summed E-state index contributed by atoms with van der Waals surface area (Å²) < 4.78 is 2.74. The first kappa shape index (κ1) is 11.2. The molecule has 0 aliphatic heterocycles. The maximum atomic E-state index is 3.54. The first-order valence-corrected chi connectivity index (χ1v) is 8.36. The minimum atomic E-state index is 0.939. The molecule has 0 atom stereocenters. The van der Waals surface area contributed by atoms with Gasteiger partial charge in [-0.25, -0.2) is 0 Å². The molecule has 2 rings (SSSR count). The average Bonchev–Trinajstić information content (AvgIpc) is 2.59. The monoisotopic (exact) mass is 398 g/mol. The standard InChI is InChI=1S/C10H8BrIS2/c1-13-9-5-14-10-6(4-11)2-7(12)3-8(9)10/h2-3,5H,4H2,1H3. The van der Waals surface area contributed by atoms with Crippen LogP contribution in [-0.4, -0.2) is 6.26 Å². The van der Waals surface area contributed by atoms with E-state index in [1.165, 1.54) is 24.1 Å². The third kappa shape index (κ3) is 1.99. The quantitative estimate of drug-likeness (QED) is 0.384. The van der Waals surface area contributed by atoms with Gasteiger partial charge in [0.1, 0.15) is 0 Å². The highest BCUT2D eigenvalue weighted by Crippen LogP contribution is 2.36. The summed E-state index contributed by atoms with van der Waals surface area (Å²) in [6.07, 6.45) is 2.13. The van der Waals surface area contributed by atoms with E-state index in [1.807, 2.05) is 23.1 Å². The normalized spacial score (nSPS) is 11.1. The van der Waals surface area contributed by atoms with Crippen LogP contribution < -0.4 is 0 Å². The third-order valence-corrected chi connectivity index (χ3v) is 5.27. The zero-order chi connectivity index (χ0) is 10.1. The van der Waals surface area contributed by atoms with Gasteiger partial charge in [-0.15, -0.1) is 23.1 Å². The van der Waals surface area contributed by atoms with E-state index in [0.29, 0.717) is 0 Å². The maximum Gasteiger partial charge on any atom is 0.0395 e. The molecular weight excluding hydrogens is 391 g/mol. The summed E-state index contributed by atoms with van der Waals surface area (Å²) >= 11 is 9.59. The predicted molar refractivity (Wildman–Crippen MR) is 79.0 cm³/mol. The van der Waals surface area contributed by atoms with Gasteiger partial charge in [-0.3, -0.25) is 0 Å². The zero-order valence-electron chi connectivity index (χ0n) is 7.51. The molecule has 1 aromatic carbocycles. The molecule has 0 amide bonds. The summed E-state index contributed by atoms with van der Waals surface area (Å²) in [5, 5.41) is 4.59. The molecule has 0 bridgehead atoms. The van der Waals surface area contributed by atoms with Crippen molar-refractivity contribution < 1.29 is 0 Å². The van der Waals surface area contributed by atoms with Crippen LogP contribution in [0.3, 0.4) is 0 Å². The van der Waals surface area contributed by atoms with Crippen molar-refractivity contribution >= 4 is 71.7 Å². The summed E-state index contributed by atoms with van der Waals surface area (Å²) in [6, 6.07) is 4.52. The Kier molecular flexibility index (Phi) is 3.79. The van der Waals surface area contributed by atoms with Crippen molar-refractivity contribution in [2.24, 2.45) is 0 Å². The Morgan fingerprint density at radius 3 is 2.93 bits per heavy atom. The van der Waals surface area contributed by atoms with Crippen LogP contribution in [0.1, 0.15) is 5.56 Å². The number of alkyl halides is 1. The Bertz CT molecular complexity index is 464. The van der Waals surface area contributed by atoms with Crippen molar-refractivity contribution in [3.63, 3.8) is 0 Å². The first-order valence-electron chi connectivity index (χ1n) is 4.06. The van der Waals surface area contributed by atoms with Crippen molar-refractivity contribution in [1.29, 1.82) is 0 Å². The molecule has 74 valence electrons. The Balaban J connectivity index is 2.76. The van der Waals surface area contributed by atoms with Gasteiger partial charge in [0.25, 0.3) is 0 Å². The molecule has 0 aliphatic carbocycles. The summed E-state index contributed by atoms with van der Waals surface area (Å²) in [4.78, 5) is 1.39. The topological polar surface area (TPSA) is 0 Å². The number of benzene rings is 1. The highest BCUT2D eigenvalue weighted by molar-refractivity contribution is 14.1. The smallest absolute Gasteiger partial charge is 0.0395 e. The fraction of sp³-hybridized carbons (Fsp3) is 0.200. The van der Waals surface area contributed by atoms with Crippen LogP contribution in [0, 0.1) is 3.57 Å². The van der Waals surface area contributed by atoms with E-state index in [4.69, 9.17) is 0 Å². The molecule has 1 heterocycles. The number of hydrogen-bond acceptors (Lipinski definition) is 2. The highest BCUT2D eigenvalue weighted by Gasteiger charge is 2.08. The SMILES string of the molecule is CSc1csc2c(CBr)cc(I)cc12. The fourth-order valence-corrected chi connectivity index (χ4v) is 4.63. The maximum absolute atomic E-state index is 3.54. The lowest BCUT2D eigenvalue weighted by Crippen LogP contribution is -1.80. The van der Waals surface area contributed by atoms with E-state index in [0.717, 1.165) is 5.33 Å². The lowest BCUT2D eigenvalue weighted by molar-refractivity contribution is 1.48. The van der Waals surface area contributed by atoms with Crippen molar-refractivity contribution in [1.82, 2.24) is 0 Å². The Labute approximate surface area is 114 Å². The Morgan fingerprint density at radius 1 is 1.50 bits per heavy atom. The van der Waals surface area contributed by atoms with Crippen molar-refractivity contribution in [3.05, 3.63) is 26.6 Å². The molecule has 0 unspecified atom stereocenters. The molecule has 0 aliphatic rings. The predicted octanol–water partition coefficient (Wildman–Crippen LogP) is 5.12. The number of hydrogen-bond donors (Lipinski definition) is 0. The van der Waals surface area contributed by atoms with Crippen LogP contribution in [0.15, 0.2) is 22.4 Å². The number of fused-ring (bicyclic) bond motifs is 1. The van der Waals surface area contributed by atoms with Gasteiger partial charge in [-0.1, -0.05) is 15.9 Å². The van der Waals surface area contributed by atoms with Crippen molar-refractivity contribution in [3.8, 4) is 0 Å². The van der Waals surface area contributed by atoms with E-state index in [9.17, 15) is 0 Å². The molecule has 0 fully saturated rings. The summed E-state index contributed by atoms with van der Waals surface area (Å²) in [6.45, 7) is 0. The van der Waals surface area contributed by atoms with Gasteiger partial charge in [0, 0.05) is 29.3 Å². The first-order chi connectivity index (χ1) is 6.76. The highest BCUT2D eigenvalue weighted by atomic mass is 127. The molecule has 4 heteroatoms. The molecule has 0 N–H and O–H groups in total. The number of thiophene rings is 1. The number of thioether (sulfide) groups is 1. The fourth-order valence-electron chi connectivity index (χ4n) is 1.41. The summed E-state index contributed by atoms with van der Waals surface area (Å²) in [5.41, 5.74) is 1.40. The Morgan fingerprint density at radius 2 is 2.29 bits per heavy atom. The van der Waals surface area contributed by atoms with Gasteiger partial charge >= 0.3 is 0 Å². The van der Waals surface area contributed by atoms with Crippen molar-refractivity contribution in [2.45, 2.75) is 10.2 Å². The number of halogens is 2. The summed E-state index contributed by atoms with van der Waals surface area (Å²) in [7, 11) is 0. The zero-order valence-corrected chi connectivity index (χ0v) is 12.9. The molecule has 0 radical (unpaired) electrons. The molecule has 1 aromatic heterocycles. The molecular formula is C10H8BrIS2. The second-order valence-electron chi connectivity index (χ2n) is 2.88. The molecule has 2 aromatic rings. The van der Waals surface area contributed by atoms with Gasteiger partial charge in [0.15, 0.2) is 0 Å². The van der Waals surface area contributed by atoms with E-state index in [-0.39, 0.29) is 0 Å². The largest absolute Gasteiger partial charge is 0.142 e. The second-order valence-corrected chi connectivity index (χ2v) is 6.41. The van der Waals surface area contributed by atoms with Gasteiger partial charge in [0.05, 0.1) is 0 Å². The van der Waals surface area contributed by atoms with Gasteiger partial charge < -0.3 is 0 Å². The molecule has 0 spiro atoms. The number of rotatable bonds is 2. The Hall–Kier alpha value is 0.740. The van der Waals surface area contributed by atoms with Gasteiger partial charge in [0.2, 0.25) is 0 Å². The molecule has 0 saturated carbocycles. The van der Waals surface area contributed by atoms with Crippen LogP contribution in [0.2, 0.25) is 0 Å². The minimum absolute atomic E-state index is 0.939. The van der Waals surface area contributed by atoms with Crippen LogP contribution in [0.25, 0.3) is 10.1 Å². The van der Waals surface area contributed by atoms with E-state index >= 15 is 0 Å². The molecule has 14 heavy (non-hydrogen) atoms. The third-order valence-electron chi connectivity index (χ3n) is 2.04. The average molecular weight is 399 g/mol. The van der Waals surface area contributed by atoms with E-state index < -0.39 is 0 Å². The van der Waals surface area contributed by atoms with Crippen LogP contribution in [0.5, 0.6) is 0 Å². The van der Waals surface area contributed by atoms with Crippen LogP contribution in [-0.2, 0) is 5.33 Å². The molecule has 0 saturated heterocycles. The van der Waals surface area contributed by atoms with E-state index in [1.54, 1.807) is 0 Å². The van der Waals surface area contributed by atoms with Gasteiger partial charge in [-0.2, -0.15) is 0 Å². The minimum Gasteiger partial charge on any atom is -0.142 e. The second kappa shape index (κ2) is 4.72. The summed E-state index contributed by atoms with van der Waals surface area (Å²) in [5.74, 6) is 0. The lowest BCUT2D eigenvalue weighted by atomic mass is 10.2. The van der Waals surface area contributed by atoms with Crippen LogP contribution in [0.4, 0.5) is 0 Å². The lowest BCUT2D eigenvalue weighted by Gasteiger charge is -2.01. The van der Waals surface area contributed by atoms with Crippen molar-refractivity contribution in [2.75, 3.05) is 6.26 Å². The molecule has 0 nitrogen and oxygen atoms in total. The van der Waals surface area contributed by atoms with E-state index in [2.05, 4.69) is 62.3 Å². The van der Waals surface area contributed by atoms with Crippen LogP contribution >= 0.6 is 61.6 Å². The van der Waals surface area contributed by atoms with Gasteiger partial charge in [-0.05, 0) is 46.5 Å².